The number of tetrazole rings is 1. The number of carbonyl (C=O) groups excluding carboxylic acids is 1. The zero-order valence-corrected chi connectivity index (χ0v) is 15.1. The molecule has 3 rings (SSSR count). The minimum absolute atomic E-state index is 0.159. The highest BCUT2D eigenvalue weighted by Crippen LogP contribution is 2.26. The first-order valence-electron chi connectivity index (χ1n) is 8.36. The van der Waals surface area contributed by atoms with Gasteiger partial charge in [0.25, 0.3) is 0 Å². The number of alkyl halides is 3. The Balaban J connectivity index is 1.61. The van der Waals surface area contributed by atoms with E-state index in [0.717, 1.165) is 10.9 Å². The van der Waals surface area contributed by atoms with Crippen LogP contribution in [0, 0.1) is 12.7 Å². The van der Waals surface area contributed by atoms with Crippen molar-refractivity contribution in [1.29, 1.82) is 0 Å². The molecule has 1 N–H and O–H groups in total. The average molecular weight is 409 g/mol. The summed E-state index contributed by atoms with van der Waals surface area (Å²) in [6.45, 7) is 1.12. The van der Waals surface area contributed by atoms with Crippen LogP contribution in [-0.4, -0.2) is 32.5 Å². The summed E-state index contributed by atoms with van der Waals surface area (Å²) in [5.41, 5.74) is 1.11. The molecular formula is C18H15F4N5O2. The van der Waals surface area contributed by atoms with E-state index >= 15 is 0 Å². The highest BCUT2D eigenvalue weighted by molar-refractivity contribution is 5.75. The van der Waals surface area contributed by atoms with Crippen molar-refractivity contribution in [3.8, 4) is 17.1 Å². The molecular weight excluding hydrogens is 394 g/mol. The minimum atomic E-state index is -4.83. The molecule has 1 aromatic heterocycles. The summed E-state index contributed by atoms with van der Waals surface area (Å²) < 4.78 is 54.6. The van der Waals surface area contributed by atoms with Gasteiger partial charge in [-0.1, -0.05) is 18.2 Å². The SMILES string of the molecule is Cc1cc(-c2nnn(CC(=O)NCc3ccccc3OC(F)(F)F)n2)ccc1F. The molecule has 0 unspecified atom stereocenters. The second-order valence-electron chi connectivity index (χ2n) is 6.04. The number of hydrogen-bond acceptors (Lipinski definition) is 5. The molecule has 152 valence electrons. The fourth-order valence-corrected chi connectivity index (χ4v) is 2.46. The molecule has 0 spiro atoms. The molecule has 1 heterocycles. The van der Waals surface area contributed by atoms with Crippen LogP contribution in [0.2, 0.25) is 0 Å². The number of benzene rings is 2. The Hall–Kier alpha value is -3.50. The van der Waals surface area contributed by atoms with Gasteiger partial charge in [0, 0.05) is 17.7 Å². The minimum Gasteiger partial charge on any atom is -0.405 e. The number of carbonyl (C=O) groups is 1. The molecule has 0 saturated carbocycles. The normalized spacial score (nSPS) is 11.3. The van der Waals surface area contributed by atoms with Gasteiger partial charge in [-0.2, -0.15) is 4.80 Å². The quantitative estimate of drug-likeness (QED) is 0.633. The number of ether oxygens (including phenoxy) is 1. The predicted octanol–water partition coefficient (Wildman–Crippen LogP) is 3.00. The Morgan fingerprint density at radius 3 is 2.69 bits per heavy atom. The van der Waals surface area contributed by atoms with E-state index in [4.69, 9.17) is 0 Å². The van der Waals surface area contributed by atoms with Crippen molar-refractivity contribution < 1.29 is 27.1 Å². The van der Waals surface area contributed by atoms with Crippen LogP contribution in [0.15, 0.2) is 42.5 Å². The third kappa shape index (κ3) is 5.50. The molecule has 1 amide bonds. The summed E-state index contributed by atoms with van der Waals surface area (Å²) in [5, 5.41) is 14.1. The third-order valence-corrected chi connectivity index (χ3v) is 3.83. The van der Waals surface area contributed by atoms with Crippen molar-refractivity contribution in [2.75, 3.05) is 0 Å². The standard InChI is InChI=1S/C18H15F4N5O2/c1-11-8-12(6-7-14(11)19)17-24-26-27(25-17)10-16(28)23-9-13-4-2-3-5-15(13)29-18(20,21)22/h2-8H,9-10H2,1H3,(H,23,28). The largest absolute Gasteiger partial charge is 0.573 e. The topological polar surface area (TPSA) is 81.9 Å². The van der Waals surface area contributed by atoms with Gasteiger partial charge in [-0.3, -0.25) is 4.79 Å². The second-order valence-corrected chi connectivity index (χ2v) is 6.04. The average Bonchev–Trinajstić information content (AvgIpc) is 3.10. The lowest BCUT2D eigenvalue weighted by Gasteiger charge is -2.13. The van der Waals surface area contributed by atoms with E-state index < -0.39 is 18.0 Å². The number of aryl methyl sites for hydroxylation is 1. The van der Waals surface area contributed by atoms with Gasteiger partial charge in [0.15, 0.2) is 0 Å². The van der Waals surface area contributed by atoms with E-state index in [2.05, 4.69) is 25.5 Å². The number of amides is 1. The van der Waals surface area contributed by atoms with E-state index in [1.807, 2.05) is 0 Å². The predicted molar refractivity (Wildman–Crippen MR) is 92.9 cm³/mol. The highest BCUT2D eigenvalue weighted by atomic mass is 19.4. The molecule has 11 heteroatoms. The van der Waals surface area contributed by atoms with E-state index in [9.17, 15) is 22.4 Å². The van der Waals surface area contributed by atoms with Gasteiger partial charge >= 0.3 is 6.36 Å². The van der Waals surface area contributed by atoms with Crippen molar-refractivity contribution in [3.05, 3.63) is 59.4 Å². The van der Waals surface area contributed by atoms with Crippen molar-refractivity contribution in [1.82, 2.24) is 25.5 Å². The van der Waals surface area contributed by atoms with E-state index in [-0.39, 0.29) is 30.3 Å². The lowest BCUT2D eigenvalue weighted by Crippen LogP contribution is -2.28. The van der Waals surface area contributed by atoms with Crippen molar-refractivity contribution in [3.63, 3.8) is 0 Å². The van der Waals surface area contributed by atoms with Crippen LogP contribution in [0.25, 0.3) is 11.4 Å². The Morgan fingerprint density at radius 1 is 1.21 bits per heavy atom. The summed E-state index contributed by atoms with van der Waals surface area (Å²) in [4.78, 5) is 13.1. The van der Waals surface area contributed by atoms with E-state index in [1.54, 1.807) is 13.0 Å². The monoisotopic (exact) mass is 409 g/mol. The highest BCUT2D eigenvalue weighted by Gasteiger charge is 2.32. The molecule has 2 aromatic carbocycles. The number of aromatic nitrogens is 4. The number of para-hydroxylation sites is 1. The van der Waals surface area contributed by atoms with Crippen LogP contribution in [0.5, 0.6) is 5.75 Å². The maximum atomic E-state index is 13.3. The van der Waals surface area contributed by atoms with Gasteiger partial charge in [-0.15, -0.1) is 23.4 Å². The van der Waals surface area contributed by atoms with Crippen LogP contribution in [0.3, 0.4) is 0 Å². The molecule has 0 aliphatic carbocycles. The third-order valence-electron chi connectivity index (χ3n) is 3.83. The lowest BCUT2D eigenvalue weighted by atomic mass is 10.1. The smallest absolute Gasteiger partial charge is 0.405 e. The molecule has 0 fully saturated rings. The van der Waals surface area contributed by atoms with Gasteiger partial charge in [0.05, 0.1) is 0 Å². The number of hydrogen-bond donors (Lipinski definition) is 1. The van der Waals surface area contributed by atoms with E-state index in [1.165, 1.54) is 30.3 Å². The number of nitrogens with one attached hydrogen (secondary N) is 1. The van der Waals surface area contributed by atoms with Crippen molar-refractivity contribution in [2.24, 2.45) is 0 Å². The van der Waals surface area contributed by atoms with Crippen LogP contribution in [0.1, 0.15) is 11.1 Å². The van der Waals surface area contributed by atoms with Gasteiger partial charge in [0.2, 0.25) is 11.7 Å². The molecule has 29 heavy (non-hydrogen) atoms. The summed E-state index contributed by atoms with van der Waals surface area (Å²) in [6, 6.07) is 9.80. The summed E-state index contributed by atoms with van der Waals surface area (Å²) in [6.07, 6.45) is -4.83. The summed E-state index contributed by atoms with van der Waals surface area (Å²) in [7, 11) is 0. The Bertz CT molecular complexity index is 1020. The maximum absolute atomic E-state index is 13.3. The molecule has 0 aliphatic heterocycles. The van der Waals surface area contributed by atoms with Crippen LogP contribution < -0.4 is 10.1 Å². The van der Waals surface area contributed by atoms with Crippen molar-refractivity contribution >= 4 is 5.91 Å². The maximum Gasteiger partial charge on any atom is 0.573 e. The first kappa shape index (κ1) is 20.2. The van der Waals surface area contributed by atoms with Crippen molar-refractivity contribution in [2.45, 2.75) is 26.4 Å². The number of halogens is 4. The first-order valence-corrected chi connectivity index (χ1v) is 8.36. The molecule has 0 bridgehead atoms. The molecule has 0 aliphatic rings. The summed E-state index contributed by atoms with van der Waals surface area (Å²) >= 11 is 0. The first-order chi connectivity index (χ1) is 13.7. The van der Waals surface area contributed by atoms with Gasteiger partial charge in [-0.25, -0.2) is 4.39 Å². The number of nitrogens with zero attached hydrogens (tertiary/aromatic N) is 4. The fraction of sp³-hybridized carbons (Fsp3) is 0.222. The molecule has 7 nitrogen and oxygen atoms in total. The molecule has 3 aromatic rings. The van der Waals surface area contributed by atoms with Crippen LogP contribution in [0.4, 0.5) is 17.6 Å². The van der Waals surface area contributed by atoms with Gasteiger partial charge < -0.3 is 10.1 Å². The Morgan fingerprint density at radius 2 is 1.97 bits per heavy atom. The lowest BCUT2D eigenvalue weighted by molar-refractivity contribution is -0.274. The zero-order chi connectivity index (χ0) is 21.0. The van der Waals surface area contributed by atoms with Gasteiger partial charge in [-0.05, 0) is 42.0 Å². The zero-order valence-electron chi connectivity index (χ0n) is 15.1. The molecule has 0 atom stereocenters. The second kappa shape index (κ2) is 8.25. The summed E-state index contributed by atoms with van der Waals surface area (Å²) in [5.74, 6) is -1.08. The van der Waals surface area contributed by atoms with Crippen LogP contribution >= 0.6 is 0 Å². The number of rotatable bonds is 6. The molecule has 0 saturated heterocycles. The van der Waals surface area contributed by atoms with Crippen LogP contribution in [-0.2, 0) is 17.9 Å². The Kier molecular flexibility index (Phi) is 5.76. The molecule has 0 radical (unpaired) electrons. The van der Waals surface area contributed by atoms with Gasteiger partial charge in [0.1, 0.15) is 18.1 Å². The fourth-order valence-electron chi connectivity index (χ4n) is 2.46. The van der Waals surface area contributed by atoms with E-state index in [0.29, 0.717) is 11.1 Å². The Labute approximate surface area is 162 Å².